The fourth-order valence-electron chi connectivity index (χ4n) is 2.31. The van der Waals surface area contributed by atoms with Crippen molar-refractivity contribution in [2.24, 2.45) is 0 Å². The van der Waals surface area contributed by atoms with Gasteiger partial charge in [-0.25, -0.2) is 0 Å². The first-order chi connectivity index (χ1) is 10.9. The molecule has 1 amide bonds. The van der Waals surface area contributed by atoms with Crippen LogP contribution in [0.15, 0.2) is 54.6 Å². The second-order valence-electron chi connectivity index (χ2n) is 6.18. The number of carboxylic acids is 1. The van der Waals surface area contributed by atoms with Crippen molar-refractivity contribution in [3.8, 4) is 11.1 Å². The molecule has 0 saturated heterocycles. The van der Waals surface area contributed by atoms with E-state index in [0.717, 1.165) is 11.1 Å². The highest BCUT2D eigenvalue weighted by Crippen LogP contribution is 2.20. The van der Waals surface area contributed by atoms with E-state index in [2.05, 4.69) is 5.32 Å². The van der Waals surface area contributed by atoms with Gasteiger partial charge in [-0.1, -0.05) is 42.5 Å². The van der Waals surface area contributed by atoms with E-state index in [0.29, 0.717) is 12.0 Å². The monoisotopic (exact) mass is 311 g/mol. The van der Waals surface area contributed by atoms with Crippen LogP contribution in [0.5, 0.6) is 0 Å². The third-order valence-corrected chi connectivity index (χ3v) is 3.67. The van der Waals surface area contributed by atoms with E-state index < -0.39 is 11.5 Å². The lowest BCUT2D eigenvalue weighted by molar-refractivity contribution is -0.137. The molecule has 4 heteroatoms. The van der Waals surface area contributed by atoms with E-state index in [1.54, 1.807) is 12.1 Å². The summed E-state index contributed by atoms with van der Waals surface area (Å²) in [5, 5.41) is 11.6. The maximum atomic E-state index is 12.3. The number of amides is 1. The van der Waals surface area contributed by atoms with Crippen LogP contribution < -0.4 is 5.32 Å². The van der Waals surface area contributed by atoms with Crippen molar-refractivity contribution in [2.45, 2.75) is 32.2 Å². The van der Waals surface area contributed by atoms with Crippen LogP contribution in [-0.4, -0.2) is 22.5 Å². The molecule has 0 aliphatic carbocycles. The highest BCUT2D eigenvalue weighted by atomic mass is 16.4. The van der Waals surface area contributed by atoms with Crippen molar-refractivity contribution < 1.29 is 14.7 Å². The number of carbonyl (C=O) groups excluding carboxylic acids is 1. The van der Waals surface area contributed by atoms with Gasteiger partial charge in [0.2, 0.25) is 0 Å². The first-order valence-electron chi connectivity index (χ1n) is 7.57. The summed E-state index contributed by atoms with van der Waals surface area (Å²) in [6.45, 7) is 3.65. The van der Waals surface area contributed by atoms with Gasteiger partial charge in [0.1, 0.15) is 0 Å². The highest BCUT2D eigenvalue weighted by molar-refractivity contribution is 5.95. The van der Waals surface area contributed by atoms with Crippen LogP contribution in [0.4, 0.5) is 0 Å². The van der Waals surface area contributed by atoms with Crippen LogP contribution in [0, 0.1) is 0 Å². The van der Waals surface area contributed by atoms with E-state index in [1.807, 2.05) is 56.3 Å². The normalized spacial score (nSPS) is 11.0. The molecule has 0 saturated carbocycles. The molecule has 2 rings (SSSR count). The van der Waals surface area contributed by atoms with E-state index >= 15 is 0 Å². The summed E-state index contributed by atoms with van der Waals surface area (Å²) in [6.07, 6.45) is 0.413. The minimum atomic E-state index is -0.862. The lowest BCUT2D eigenvalue weighted by Gasteiger charge is -2.25. The minimum absolute atomic E-state index is 0.0280. The average Bonchev–Trinajstić information content (AvgIpc) is 2.54. The predicted molar refractivity (Wildman–Crippen MR) is 90.3 cm³/mol. The Hall–Kier alpha value is -2.62. The van der Waals surface area contributed by atoms with E-state index in [-0.39, 0.29) is 12.3 Å². The van der Waals surface area contributed by atoms with Gasteiger partial charge in [0, 0.05) is 17.5 Å². The Morgan fingerprint density at radius 2 is 1.52 bits per heavy atom. The Kier molecular flexibility index (Phi) is 5.16. The van der Waals surface area contributed by atoms with Crippen molar-refractivity contribution in [1.29, 1.82) is 0 Å². The van der Waals surface area contributed by atoms with Crippen LogP contribution in [0.25, 0.3) is 11.1 Å². The zero-order chi connectivity index (χ0) is 16.9. The maximum absolute atomic E-state index is 12.3. The SMILES string of the molecule is CC(C)(CCC(=O)O)NC(=O)c1ccc(-c2ccccc2)cc1. The first-order valence-corrected chi connectivity index (χ1v) is 7.57. The Bertz CT molecular complexity index is 676. The summed E-state index contributed by atoms with van der Waals surface area (Å²) in [7, 11) is 0. The summed E-state index contributed by atoms with van der Waals surface area (Å²) in [6, 6.07) is 17.3. The highest BCUT2D eigenvalue weighted by Gasteiger charge is 2.22. The zero-order valence-electron chi connectivity index (χ0n) is 13.4. The van der Waals surface area contributed by atoms with Gasteiger partial charge in [-0.2, -0.15) is 0 Å². The topological polar surface area (TPSA) is 66.4 Å². The molecule has 0 bridgehead atoms. The quantitative estimate of drug-likeness (QED) is 0.854. The van der Waals surface area contributed by atoms with E-state index in [9.17, 15) is 9.59 Å². The Balaban J connectivity index is 2.04. The van der Waals surface area contributed by atoms with Gasteiger partial charge in [-0.05, 0) is 43.5 Å². The second kappa shape index (κ2) is 7.09. The number of hydrogen-bond acceptors (Lipinski definition) is 2. The molecule has 0 aromatic heterocycles. The second-order valence-corrected chi connectivity index (χ2v) is 6.18. The molecule has 23 heavy (non-hydrogen) atoms. The Morgan fingerprint density at radius 1 is 0.957 bits per heavy atom. The molecule has 0 aliphatic rings. The Labute approximate surface area is 136 Å². The minimum Gasteiger partial charge on any atom is -0.481 e. The van der Waals surface area contributed by atoms with Gasteiger partial charge in [0.15, 0.2) is 0 Å². The number of aliphatic carboxylic acids is 1. The smallest absolute Gasteiger partial charge is 0.303 e. The van der Waals surface area contributed by atoms with Crippen molar-refractivity contribution in [3.63, 3.8) is 0 Å². The van der Waals surface area contributed by atoms with Crippen LogP contribution in [0.2, 0.25) is 0 Å². The summed E-state index contributed by atoms with van der Waals surface area (Å²) >= 11 is 0. The van der Waals surface area contributed by atoms with Crippen LogP contribution in [0.1, 0.15) is 37.0 Å². The number of benzene rings is 2. The van der Waals surface area contributed by atoms with Gasteiger partial charge in [0.25, 0.3) is 5.91 Å². The molecule has 0 fully saturated rings. The summed E-state index contributed by atoms with van der Waals surface area (Å²) in [4.78, 5) is 23.0. The summed E-state index contributed by atoms with van der Waals surface area (Å²) in [5.41, 5.74) is 2.15. The van der Waals surface area contributed by atoms with Gasteiger partial charge >= 0.3 is 5.97 Å². The lowest BCUT2D eigenvalue weighted by atomic mass is 9.97. The third-order valence-electron chi connectivity index (χ3n) is 3.67. The molecule has 2 aromatic rings. The van der Waals surface area contributed by atoms with Crippen LogP contribution in [-0.2, 0) is 4.79 Å². The number of carboxylic acid groups (broad SMARTS) is 1. The number of hydrogen-bond donors (Lipinski definition) is 2. The molecule has 4 nitrogen and oxygen atoms in total. The van der Waals surface area contributed by atoms with Crippen molar-refractivity contribution in [2.75, 3.05) is 0 Å². The Morgan fingerprint density at radius 3 is 2.09 bits per heavy atom. The van der Waals surface area contributed by atoms with Gasteiger partial charge in [-0.15, -0.1) is 0 Å². The molecular weight excluding hydrogens is 290 g/mol. The fraction of sp³-hybridized carbons (Fsp3) is 0.263. The van der Waals surface area contributed by atoms with Gasteiger partial charge in [-0.3, -0.25) is 9.59 Å². The first kappa shape index (κ1) is 16.7. The van der Waals surface area contributed by atoms with Crippen LogP contribution >= 0.6 is 0 Å². The largest absolute Gasteiger partial charge is 0.481 e. The molecule has 120 valence electrons. The molecule has 0 atom stereocenters. The van der Waals surface area contributed by atoms with Crippen molar-refractivity contribution in [3.05, 3.63) is 60.2 Å². The third kappa shape index (κ3) is 4.95. The zero-order valence-corrected chi connectivity index (χ0v) is 13.4. The molecular formula is C19H21NO3. The van der Waals surface area contributed by atoms with Crippen molar-refractivity contribution in [1.82, 2.24) is 5.32 Å². The number of rotatable bonds is 6. The molecule has 2 N–H and O–H groups in total. The molecule has 0 radical (unpaired) electrons. The molecule has 2 aromatic carbocycles. The van der Waals surface area contributed by atoms with E-state index in [4.69, 9.17) is 5.11 Å². The standard InChI is InChI=1S/C19H21NO3/c1-19(2,13-12-17(21)22)20-18(23)16-10-8-15(9-11-16)14-6-4-3-5-7-14/h3-11H,12-13H2,1-2H3,(H,20,23)(H,21,22). The van der Waals surface area contributed by atoms with Crippen LogP contribution in [0.3, 0.4) is 0 Å². The predicted octanol–water partition coefficient (Wildman–Crippen LogP) is 3.73. The molecule has 0 spiro atoms. The molecule has 0 unspecified atom stereocenters. The number of carbonyl (C=O) groups is 2. The van der Waals surface area contributed by atoms with Crippen molar-refractivity contribution >= 4 is 11.9 Å². The lowest BCUT2D eigenvalue weighted by Crippen LogP contribution is -2.43. The summed E-state index contributed by atoms with van der Waals surface area (Å²) in [5.74, 6) is -1.06. The summed E-state index contributed by atoms with van der Waals surface area (Å²) < 4.78 is 0. The van der Waals surface area contributed by atoms with E-state index in [1.165, 1.54) is 0 Å². The molecule has 0 heterocycles. The fourth-order valence-corrected chi connectivity index (χ4v) is 2.31. The average molecular weight is 311 g/mol. The maximum Gasteiger partial charge on any atom is 0.303 e. The number of nitrogens with one attached hydrogen (secondary N) is 1. The van der Waals surface area contributed by atoms with Gasteiger partial charge in [0.05, 0.1) is 0 Å². The van der Waals surface area contributed by atoms with Gasteiger partial charge < -0.3 is 10.4 Å². The molecule has 0 aliphatic heterocycles.